The number of nitrogens with one attached hydrogen (secondary N) is 1. The molecule has 2 heterocycles. The van der Waals surface area contributed by atoms with Crippen LogP contribution in [-0.4, -0.2) is 26.6 Å². The predicted octanol–water partition coefficient (Wildman–Crippen LogP) is 2.52. The van der Waals surface area contributed by atoms with Crippen molar-refractivity contribution in [2.24, 2.45) is 5.10 Å². The van der Waals surface area contributed by atoms with Crippen LogP contribution in [0.4, 0.5) is 0 Å². The van der Waals surface area contributed by atoms with Gasteiger partial charge in [0, 0.05) is 17.1 Å². The number of hydrogen-bond acceptors (Lipinski definition) is 5. The summed E-state index contributed by atoms with van der Waals surface area (Å²) < 4.78 is 1.77. The Hall–Kier alpha value is -2.38. The SMILES string of the molecule is O=C(N/N=C\c1c(Cl)nc2sccn12)c1cccc(O)c1. The van der Waals surface area contributed by atoms with Crippen LogP contribution < -0.4 is 5.43 Å². The van der Waals surface area contributed by atoms with Crippen LogP contribution in [0.1, 0.15) is 16.1 Å². The molecule has 0 saturated heterocycles. The Bertz CT molecular complexity index is 840. The molecule has 0 aliphatic carbocycles. The average Bonchev–Trinajstić information content (AvgIpc) is 3.01. The van der Waals surface area contributed by atoms with E-state index in [4.69, 9.17) is 11.6 Å². The Morgan fingerprint density at radius 2 is 2.38 bits per heavy atom. The minimum Gasteiger partial charge on any atom is -0.508 e. The van der Waals surface area contributed by atoms with Crippen molar-refractivity contribution in [1.29, 1.82) is 0 Å². The molecule has 0 aliphatic rings. The molecule has 3 aromatic rings. The molecule has 0 unspecified atom stereocenters. The number of thiazole rings is 1. The fraction of sp³-hybridized carbons (Fsp3) is 0. The normalized spacial score (nSPS) is 11.3. The number of fused-ring (bicyclic) bond motifs is 1. The molecule has 6 nitrogen and oxygen atoms in total. The number of aromatic hydroxyl groups is 1. The summed E-state index contributed by atoms with van der Waals surface area (Å²) in [5, 5.41) is 15.4. The first kappa shape index (κ1) is 13.6. The second-order valence-corrected chi connectivity index (χ2v) is 5.32. The van der Waals surface area contributed by atoms with Crippen LogP contribution in [0.5, 0.6) is 5.75 Å². The van der Waals surface area contributed by atoms with Gasteiger partial charge in [0.25, 0.3) is 5.91 Å². The van der Waals surface area contributed by atoms with Crippen molar-refractivity contribution in [1.82, 2.24) is 14.8 Å². The van der Waals surface area contributed by atoms with Crippen LogP contribution in [0, 0.1) is 0 Å². The Balaban J connectivity index is 1.76. The second kappa shape index (κ2) is 5.55. The zero-order chi connectivity index (χ0) is 14.8. The van der Waals surface area contributed by atoms with E-state index in [0.29, 0.717) is 16.4 Å². The van der Waals surface area contributed by atoms with E-state index in [1.165, 1.54) is 29.7 Å². The van der Waals surface area contributed by atoms with Crippen molar-refractivity contribution in [3.8, 4) is 5.75 Å². The molecular formula is C13H9ClN4O2S. The number of imidazole rings is 1. The lowest BCUT2D eigenvalue weighted by Crippen LogP contribution is -2.17. The molecule has 3 rings (SSSR count). The third-order valence-electron chi connectivity index (χ3n) is 2.72. The monoisotopic (exact) mass is 320 g/mol. The van der Waals surface area contributed by atoms with Crippen LogP contribution in [0.2, 0.25) is 5.15 Å². The Morgan fingerprint density at radius 1 is 1.52 bits per heavy atom. The fourth-order valence-electron chi connectivity index (χ4n) is 1.76. The van der Waals surface area contributed by atoms with Gasteiger partial charge in [-0.25, -0.2) is 10.4 Å². The summed E-state index contributed by atoms with van der Waals surface area (Å²) in [6.45, 7) is 0. The first-order valence-electron chi connectivity index (χ1n) is 5.88. The van der Waals surface area contributed by atoms with Gasteiger partial charge in [0.1, 0.15) is 11.4 Å². The first-order chi connectivity index (χ1) is 10.1. The number of amides is 1. The number of phenols is 1. The number of hydrogen-bond donors (Lipinski definition) is 2. The van der Waals surface area contributed by atoms with Gasteiger partial charge < -0.3 is 5.11 Å². The standard InChI is InChI=1S/C13H9ClN4O2S/c14-11-10(18-4-5-21-13(18)16-11)7-15-17-12(20)8-2-1-3-9(19)6-8/h1-7,19H,(H,17,20)/b15-7-. The minimum absolute atomic E-state index is 0.0189. The van der Waals surface area contributed by atoms with E-state index in [1.807, 2.05) is 11.6 Å². The van der Waals surface area contributed by atoms with E-state index in [2.05, 4.69) is 15.5 Å². The number of phenolic OH excluding ortho intramolecular Hbond substituents is 1. The summed E-state index contributed by atoms with van der Waals surface area (Å²) in [6, 6.07) is 6.00. The predicted molar refractivity (Wildman–Crippen MR) is 81.2 cm³/mol. The second-order valence-electron chi connectivity index (χ2n) is 4.09. The largest absolute Gasteiger partial charge is 0.508 e. The Kier molecular flexibility index (Phi) is 3.59. The lowest BCUT2D eigenvalue weighted by molar-refractivity contribution is 0.0954. The molecule has 21 heavy (non-hydrogen) atoms. The third kappa shape index (κ3) is 2.74. The van der Waals surface area contributed by atoms with E-state index < -0.39 is 5.91 Å². The molecule has 0 atom stereocenters. The van der Waals surface area contributed by atoms with Crippen LogP contribution in [0.3, 0.4) is 0 Å². The molecule has 0 aliphatic heterocycles. The number of hydrazone groups is 1. The van der Waals surface area contributed by atoms with E-state index in [-0.39, 0.29) is 5.75 Å². The fourth-order valence-corrected chi connectivity index (χ4v) is 2.75. The molecule has 106 valence electrons. The van der Waals surface area contributed by atoms with Gasteiger partial charge in [0.05, 0.1) is 6.21 Å². The highest BCUT2D eigenvalue weighted by Crippen LogP contribution is 2.19. The van der Waals surface area contributed by atoms with Crippen LogP contribution in [-0.2, 0) is 0 Å². The minimum atomic E-state index is -0.427. The molecule has 0 fully saturated rings. The van der Waals surface area contributed by atoms with Gasteiger partial charge in [0.15, 0.2) is 10.1 Å². The highest BCUT2D eigenvalue weighted by Gasteiger charge is 2.09. The maximum Gasteiger partial charge on any atom is 0.271 e. The van der Waals surface area contributed by atoms with Gasteiger partial charge in [-0.2, -0.15) is 5.10 Å². The van der Waals surface area contributed by atoms with E-state index >= 15 is 0 Å². The van der Waals surface area contributed by atoms with E-state index in [0.717, 1.165) is 4.96 Å². The van der Waals surface area contributed by atoms with Crippen LogP contribution in [0.25, 0.3) is 4.96 Å². The molecule has 1 amide bonds. The van der Waals surface area contributed by atoms with Gasteiger partial charge in [0.2, 0.25) is 0 Å². The molecular weight excluding hydrogens is 312 g/mol. The Labute approximate surface area is 128 Å². The van der Waals surface area contributed by atoms with E-state index in [1.54, 1.807) is 16.5 Å². The van der Waals surface area contributed by atoms with Crippen molar-refractivity contribution in [3.63, 3.8) is 0 Å². The molecule has 1 aromatic carbocycles. The highest BCUT2D eigenvalue weighted by atomic mass is 35.5. The van der Waals surface area contributed by atoms with Gasteiger partial charge in [-0.05, 0) is 18.2 Å². The summed E-state index contributed by atoms with van der Waals surface area (Å²) in [4.78, 5) is 16.7. The van der Waals surface area contributed by atoms with Crippen molar-refractivity contribution >= 4 is 40.0 Å². The summed E-state index contributed by atoms with van der Waals surface area (Å²) in [5.41, 5.74) is 3.27. The topological polar surface area (TPSA) is 79.0 Å². The zero-order valence-electron chi connectivity index (χ0n) is 10.5. The van der Waals surface area contributed by atoms with Crippen LogP contribution >= 0.6 is 22.9 Å². The maximum atomic E-state index is 11.8. The first-order valence-corrected chi connectivity index (χ1v) is 7.14. The maximum absolute atomic E-state index is 11.8. The van der Waals surface area contributed by atoms with Crippen LogP contribution in [0.15, 0.2) is 40.9 Å². The summed E-state index contributed by atoms with van der Waals surface area (Å²) in [7, 11) is 0. The lowest BCUT2D eigenvalue weighted by Gasteiger charge is -2.00. The lowest BCUT2D eigenvalue weighted by atomic mass is 10.2. The molecule has 8 heteroatoms. The van der Waals surface area contributed by atoms with E-state index in [9.17, 15) is 9.90 Å². The average molecular weight is 321 g/mol. The summed E-state index contributed by atoms with van der Waals surface area (Å²) in [5.74, 6) is -0.408. The van der Waals surface area contributed by atoms with Gasteiger partial charge in [-0.15, -0.1) is 11.3 Å². The summed E-state index contributed by atoms with van der Waals surface area (Å²) in [6.07, 6.45) is 3.24. The molecule has 2 aromatic heterocycles. The number of rotatable bonds is 3. The van der Waals surface area contributed by atoms with Crippen molar-refractivity contribution in [2.75, 3.05) is 0 Å². The number of aromatic nitrogens is 2. The smallest absolute Gasteiger partial charge is 0.271 e. The zero-order valence-corrected chi connectivity index (χ0v) is 12.1. The van der Waals surface area contributed by atoms with Gasteiger partial charge >= 0.3 is 0 Å². The molecule has 0 spiro atoms. The van der Waals surface area contributed by atoms with Gasteiger partial charge in [-0.3, -0.25) is 9.20 Å². The number of benzene rings is 1. The number of nitrogens with zero attached hydrogens (tertiary/aromatic N) is 3. The number of halogens is 1. The molecule has 2 N–H and O–H groups in total. The van der Waals surface area contributed by atoms with Gasteiger partial charge in [-0.1, -0.05) is 17.7 Å². The number of carbonyl (C=O) groups is 1. The van der Waals surface area contributed by atoms with Crippen molar-refractivity contribution in [2.45, 2.75) is 0 Å². The third-order valence-corrected chi connectivity index (χ3v) is 3.75. The molecule has 0 radical (unpaired) electrons. The van der Waals surface area contributed by atoms with Crippen molar-refractivity contribution < 1.29 is 9.90 Å². The number of carbonyl (C=O) groups excluding carboxylic acids is 1. The summed E-state index contributed by atoms with van der Waals surface area (Å²) >= 11 is 7.45. The molecule has 0 bridgehead atoms. The molecule has 0 saturated carbocycles. The van der Waals surface area contributed by atoms with Crippen molar-refractivity contribution in [3.05, 3.63) is 52.3 Å². The Morgan fingerprint density at radius 3 is 3.19 bits per heavy atom. The highest BCUT2D eigenvalue weighted by molar-refractivity contribution is 7.15. The quantitative estimate of drug-likeness (QED) is 0.575.